The normalized spacial score (nSPS) is 31.2. The molecule has 5 rings (SSSR count). The van der Waals surface area contributed by atoms with Gasteiger partial charge in [0.05, 0.1) is 11.6 Å². The highest BCUT2D eigenvalue weighted by Gasteiger charge is 2.42. The van der Waals surface area contributed by atoms with E-state index in [1.807, 2.05) is 6.07 Å². The van der Waals surface area contributed by atoms with Crippen molar-refractivity contribution in [2.45, 2.75) is 25.0 Å². The maximum absolute atomic E-state index is 11.0. The molecule has 1 aromatic heterocycles. The zero-order valence-electron chi connectivity index (χ0n) is 13.1. The first kappa shape index (κ1) is 14.7. The lowest BCUT2D eigenvalue weighted by molar-refractivity contribution is -0.0444. The number of rotatable bonds is 3. The standard InChI is InChI=1S/C19H22N2O2/c1-2-12-11-21-8-6-13(12)9-18(21)19(23)15-5-7-20-17-4-3-14(22)10-16(15)17/h2-5,7,10,12-13,18-19,22-23H,1,6,8-9,11H2/t12?,13?,18-,19+/m1/s1. The Bertz CT molecular complexity index is 745. The van der Waals surface area contributed by atoms with Crippen LogP contribution in [0.4, 0.5) is 0 Å². The molecule has 2 N–H and O–H groups in total. The van der Waals surface area contributed by atoms with E-state index < -0.39 is 6.10 Å². The van der Waals surface area contributed by atoms with Crippen molar-refractivity contribution in [2.75, 3.05) is 13.1 Å². The third kappa shape index (κ3) is 2.42. The van der Waals surface area contributed by atoms with Crippen LogP contribution in [0.3, 0.4) is 0 Å². The van der Waals surface area contributed by atoms with E-state index in [1.54, 1.807) is 24.4 Å². The van der Waals surface area contributed by atoms with Crippen molar-refractivity contribution in [1.82, 2.24) is 9.88 Å². The molecular weight excluding hydrogens is 288 g/mol. The number of phenolic OH excluding ortho intramolecular Hbond substituents is 1. The van der Waals surface area contributed by atoms with E-state index in [4.69, 9.17) is 0 Å². The topological polar surface area (TPSA) is 56.6 Å². The number of piperidine rings is 3. The number of aliphatic hydroxyl groups excluding tert-OH is 1. The van der Waals surface area contributed by atoms with E-state index >= 15 is 0 Å². The van der Waals surface area contributed by atoms with Gasteiger partial charge in [-0.05, 0) is 61.1 Å². The van der Waals surface area contributed by atoms with Gasteiger partial charge in [-0.2, -0.15) is 0 Å². The molecule has 2 bridgehead atoms. The average molecular weight is 310 g/mol. The molecule has 0 radical (unpaired) electrons. The second-order valence-electron chi connectivity index (χ2n) is 6.79. The van der Waals surface area contributed by atoms with Gasteiger partial charge in [-0.3, -0.25) is 9.88 Å². The summed E-state index contributed by atoms with van der Waals surface area (Å²) in [4.78, 5) is 6.73. The zero-order chi connectivity index (χ0) is 16.0. The van der Waals surface area contributed by atoms with Crippen LogP contribution in [0.1, 0.15) is 24.5 Å². The summed E-state index contributed by atoms with van der Waals surface area (Å²) in [6.45, 7) is 5.99. The minimum absolute atomic E-state index is 0.137. The van der Waals surface area contributed by atoms with Crippen LogP contribution in [-0.4, -0.2) is 39.2 Å². The lowest BCUT2D eigenvalue weighted by Crippen LogP contribution is -2.54. The number of fused-ring (bicyclic) bond motifs is 4. The van der Waals surface area contributed by atoms with Crippen molar-refractivity contribution in [1.29, 1.82) is 0 Å². The van der Waals surface area contributed by atoms with Crippen LogP contribution >= 0.6 is 0 Å². The summed E-state index contributed by atoms with van der Waals surface area (Å²) in [5, 5.41) is 21.7. The lowest BCUT2D eigenvalue weighted by atomic mass is 9.73. The van der Waals surface area contributed by atoms with Crippen molar-refractivity contribution in [3.63, 3.8) is 0 Å². The number of benzene rings is 1. The van der Waals surface area contributed by atoms with Crippen LogP contribution < -0.4 is 0 Å². The Morgan fingerprint density at radius 1 is 1.35 bits per heavy atom. The maximum atomic E-state index is 11.0. The first-order valence-electron chi connectivity index (χ1n) is 8.29. The number of aromatic hydroxyl groups is 1. The minimum atomic E-state index is -0.559. The number of hydrogen-bond acceptors (Lipinski definition) is 4. The fourth-order valence-corrected chi connectivity index (χ4v) is 4.33. The molecule has 4 nitrogen and oxygen atoms in total. The summed E-state index contributed by atoms with van der Waals surface area (Å²) in [7, 11) is 0. The second kappa shape index (κ2) is 5.62. The largest absolute Gasteiger partial charge is 0.508 e. The molecule has 0 spiro atoms. The van der Waals surface area contributed by atoms with Gasteiger partial charge >= 0.3 is 0 Å². The summed E-state index contributed by atoms with van der Waals surface area (Å²) in [5.41, 5.74) is 1.66. The van der Waals surface area contributed by atoms with E-state index in [1.165, 1.54) is 6.42 Å². The average Bonchev–Trinajstić information content (AvgIpc) is 2.60. The Kier molecular flexibility index (Phi) is 3.58. The number of pyridine rings is 1. The van der Waals surface area contributed by atoms with Crippen molar-refractivity contribution in [2.24, 2.45) is 11.8 Å². The predicted octanol–water partition coefficient (Wildman–Crippen LogP) is 2.87. The van der Waals surface area contributed by atoms with Crippen LogP contribution in [0.15, 0.2) is 43.1 Å². The molecule has 0 saturated carbocycles. The molecule has 3 unspecified atom stereocenters. The highest BCUT2D eigenvalue weighted by molar-refractivity contribution is 5.83. The van der Waals surface area contributed by atoms with Gasteiger partial charge in [0.25, 0.3) is 0 Å². The molecule has 2 aromatic rings. The molecule has 3 aliphatic heterocycles. The summed E-state index contributed by atoms with van der Waals surface area (Å²) in [6, 6.07) is 7.14. The van der Waals surface area contributed by atoms with Gasteiger partial charge in [-0.15, -0.1) is 6.58 Å². The number of hydrogen-bond donors (Lipinski definition) is 2. The SMILES string of the molecule is C=CC1CN2CCC1C[C@@H]2[C@@H](O)c1ccnc2ccc(O)cc12. The monoisotopic (exact) mass is 310 g/mol. The molecule has 1 aromatic carbocycles. The van der Waals surface area contributed by atoms with E-state index in [0.717, 1.165) is 36.0 Å². The lowest BCUT2D eigenvalue weighted by Gasteiger charge is -2.50. The van der Waals surface area contributed by atoms with E-state index in [0.29, 0.717) is 11.8 Å². The molecule has 4 heteroatoms. The number of aliphatic hydroxyl groups is 1. The molecule has 3 fully saturated rings. The van der Waals surface area contributed by atoms with Gasteiger partial charge < -0.3 is 10.2 Å². The Balaban J connectivity index is 1.69. The number of aromatic nitrogens is 1. The number of phenols is 1. The van der Waals surface area contributed by atoms with Crippen molar-refractivity contribution >= 4 is 10.9 Å². The van der Waals surface area contributed by atoms with Gasteiger partial charge in [0.2, 0.25) is 0 Å². The first-order chi connectivity index (χ1) is 11.2. The van der Waals surface area contributed by atoms with Crippen molar-refractivity contribution < 1.29 is 10.2 Å². The third-order valence-corrected chi connectivity index (χ3v) is 5.60. The quantitative estimate of drug-likeness (QED) is 0.856. The van der Waals surface area contributed by atoms with Crippen LogP contribution in [-0.2, 0) is 0 Å². The van der Waals surface area contributed by atoms with E-state index in [9.17, 15) is 10.2 Å². The smallest absolute Gasteiger partial charge is 0.116 e. The first-order valence-corrected chi connectivity index (χ1v) is 8.29. The third-order valence-electron chi connectivity index (χ3n) is 5.60. The minimum Gasteiger partial charge on any atom is -0.508 e. The van der Waals surface area contributed by atoms with Gasteiger partial charge in [0.1, 0.15) is 5.75 Å². The Labute approximate surface area is 136 Å². The fraction of sp³-hybridized carbons (Fsp3) is 0.421. The van der Waals surface area contributed by atoms with Crippen LogP contribution in [0.2, 0.25) is 0 Å². The molecule has 120 valence electrons. The summed E-state index contributed by atoms with van der Waals surface area (Å²) in [6.07, 6.45) is 5.44. The molecular formula is C19H22N2O2. The van der Waals surface area contributed by atoms with Crippen LogP contribution in [0, 0.1) is 11.8 Å². The Morgan fingerprint density at radius 2 is 2.22 bits per heavy atom. The summed E-state index contributed by atoms with van der Waals surface area (Å²) in [5.74, 6) is 1.38. The zero-order valence-corrected chi connectivity index (χ0v) is 13.1. The van der Waals surface area contributed by atoms with Gasteiger partial charge in [0.15, 0.2) is 0 Å². The fourth-order valence-electron chi connectivity index (χ4n) is 4.33. The Hall–Kier alpha value is -1.91. The van der Waals surface area contributed by atoms with Crippen molar-refractivity contribution in [3.05, 3.63) is 48.7 Å². The highest BCUT2D eigenvalue weighted by Crippen LogP contribution is 2.42. The molecule has 5 atom stereocenters. The van der Waals surface area contributed by atoms with Gasteiger partial charge in [0, 0.05) is 24.2 Å². The van der Waals surface area contributed by atoms with E-state index in [-0.39, 0.29) is 11.8 Å². The van der Waals surface area contributed by atoms with Gasteiger partial charge in [-0.25, -0.2) is 0 Å². The predicted molar refractivity (Wildman–Crippen MR) is 90.1 cm³/mol. The summed E-state index contributed by atoms with van der Waals surface area (Å²) < 4.78 is 0. The molecule has 3 aliphatic rings. The summed E-state index contributed by atoms with van der Waals surface area (Å²) >= 11 is 0. The Morgan fingerprint density at radius 3 is 2.96 bits per heavy atom. The van der Waals surface area contributed by atoms with Gasteiger partial charge in [-0.1, -0.05) is 6.08 Å². The van der Waals surface area contributed by atoms with Crippen LogP contribution in [0.5, 0.6) is 5.75 Å². The molecule has 4 heterocycles. The molecule has 3 saturated heterocycles. The molecule has 23 heavy (non-hydrogen) atoms. The molecule has 0 amide bonds. The highest BCUT2D eigenvalue weighted by atomic mass is 16.3. The van der Waals surface area contributed by atoms with E-state index in [2.05, 4.69) is 22.5 Å². The number of nitrogens with zero attached hydrogens (tertiary/aromatic N) is 2. The van der Waals surface area contributed by atoms with Crippen molar-refractivity contribution in [3.8, 4) is 5.75 Å². The second-order valence-corrected chi connectivity index (χ2v) is 6.79. The van der Waals surface area contributed by atoms with Crippen LogP contribution in [0.25, 0.3) is 10.9 Å². The molecule has 0 aliphatic carbocycles. The maximum Gasteiger partial charge on any atom is 0.116 e.